The molecule has 0 aromatic carbocycles. The van der Waals surface area contributed by atoms with E-state index in [1.54, 1.807) is 13.8 Å². The van der Waals surface area contributed by atoms with Crippen LogP contribution in [0.4, 0.5) is 0 Å². The van der Waals surface area contributed by atoms with Crippen LogP contribution < -0.4 is 5.32 Å². The Morgan fingerprint density at radius 2 is 1.88 bits per heavy atom. The lowest BCUT2D eigenvalue weighted by atomic mass is 9.95. The quantitative estimate of drug-likeness (QED) is 0.546. The maximum Gasteiger partial charge on any atom is 0.327 e. The first-order chi connectivity index (χ1) is 11.4. The highest BCUT2D eigenvalue weighted by atomic mass is 16.5. The molecule has 1 heterocycles. The van der Waals surface area contributed by atoms with Crippen LogP contribution in [0.1, 0.15) is 26.7 Å². The summed E-state index contributed by atoms with van der Waals surface area (Å²) in [6, 6.07) is -1.58. The van der Waals surface area contributed by atoms with Crippen LogP contribution in [0.2, 0.25) is 0 Å². The van der Waals surface area contributed by atoms with Gasteiger partial charge in [-0.25, -0.2) is 4.79 Å². The third-order valence-corrected chi connectivity index (χ3v) is 3.55. The molecule has 1 saturated heterocycles. The summed E-state index contributed by atoms with van der Waals surface area (Å²) >= 11 is 0. The molecule has 9 nitrogen and oxygen atoms in total. The highest BCUT2D eigenvalue weighted by molar-refractivity contribution is 5.91. The molecule has 1 aliphatic rings. The van der Waals surface area contributed by atoms with E-state index in [-0.39, 0.29) is 19.8 Å². The van der Waals surface area contributed by atoms with Crippen LogP contribution in [0.15, 0.2) is 0 Å². The number of esters is 2. The summed E-state index contributed by atoms with van der Waals surface area (Å²) in [5.41, 5.74) is 0. The molecule has 1 fully saturated rings. The van der Waals surface area contributed by atoms with Gasteiger partial charge in [-0.15, -0.1) is 0 Å². The van der Waals surface area contributed by atoms with E-state index in [1.807, 2.05) is 0 Å². The number of amides is 1. The Morgan fingerprint density at radius 1 is 1.21 bits per heavy atom. The zero-order valence-electron chi connectivity index (χ0n) is 13.8. The summed E-state index contributed by atoms with van der Waals surface area (Å²) in [6.07, 6.45) is -0.0226. The summed E-state index contributed by atoms with van der Waals surface area (Å²) in [6.45, 7) is 3.88. The molecule has 24 heavy (non-hydrogen) atoms. The second kappa shape index (κ2) is 9.86. The van der Waals surface area contributed by atoms with E-state index in [0.29, 0.717) is 13.0 Å². The fraction of sp³-hybridized carbons (Fsp3) is 0.733. The summed E-state index contributed by atoms with van der Waals surface area (Å²) in [7, 11) is 0. The molecule has 2 N–H and O–H groups in total. The summed E-state index contributed by atoms with van der Waals surface area (Å²) < 4.78 is 14.7. The van der Waals surface area contributed by atoms with Crippen molar-refractivity contribution in [2.45, 2.75) is 32.7 Å². The highest BCUT2D eigenvalue weighted by Gasteiger charge is 2.39. The molecule has 1 rings (SSSR count). The first-order valence-electron chi connectivity index (χ1n) is 7.83. The number of carbonyl (C=O) groups is 4. The number of carbonyl (C=O) groups excluding carboxylic acids is 3. The Morgan fingerprint density at radius 3 is 2.38 bits per heavy atom. The van der Waals surface area contributed by atoms with E-state index in [2.05, 4.69) is 5.32 Å². The Balaban J connectivity index is 2.89. The first-order valence-corrected chi connectivity index (χ1v) is 7.83. The van der Waals surface area contributed by atoms with Crippen molar-refractivity contribution in [3.8, 4) is 0 Å². The molecule has 1 aliphatic heterocycles. The average molecular weight is 345 g/mol. The van der Waals surface area contributed by atoms with Crippen LogP contribution in [-0.2, 0) is 33.4 Å². The van der Waals surface area contributed by atoms with Gasteiger partial charge in [-0.1, -0.05) is 0 Å². The highest BCUT2D eigenvalue weighted by Crippen LogP contribution is 2.17. The third-order valence-electron chi connectivity index (χ3n) is 3.55. The van der Waals surface area contributed by atoms with Crippen molar-refractivity contribution < 1.29 is 38.5 Å². The van der Waals surface area contributed by atoms with Crippen molar-refractivity contribution in [3.05, 3.63) is 0 Å². The van der Waals surface area contributed by atoms with Crippen molar-refractivity contribution in [2.75, 3.05) is 26.4 Å². The SMILES string of the molecule is CCOC(=O)C[C@H](C(=O)OCC)[C@H](NC(=O)[C@@H]1CCOC1)C(=O)O. The summed E-state index contributed by atoms with van der Waals surface area (Å²) in [5.74, 6) is -5.41. The van der Waals surface area contributed by atoms with Crippen LogP contribution in [0, 0.1) is 11.8 Å². The van der Waals surface area contributed by atoms with Crippen molar-refractivity contribution in [3.63, 3.8) is 0 Å². The van der Waals surface area contributed by atoms with Crippen LogP contribution in [0.25, 0.3) is 0 Å². The number of hydrogen-bond acceptors (Lipinski definition) is 7. The molecule has 9 heteroatoms. The minimum Gasteiger partial charge on any atom is -0.480 e. The smallest absolute Gasteiger partial charge is 0.327 e. The van der Waals surface area contributed by atoms with Crippen molar-refractivity contribution in [1.29, 1.82) is 0 Å². The molecule has 0 unspecified atom stereocenters. The van der Waals surface area contributed by atoms with Crippen LogP contribution in [0.5, 0.6) is 0 Å². The van der Waals surface area contributed by atoms with Crippen molar-refractivity contribution in [2.24, 2.45) is 11.8 Å². The summed E-state index contributed by atoms with van der Waals surface area (Å²) in [5, 5.41) is 11.7. The van der Waals surface area contributed by atoms with Gasteiger partial charge in [-0.2, -0.15) is 0 Å². The van der Waals surface area contributed by atoms with Gasteiger partial charge in [0.25, 0.3) is 0 Å². The minimum absolute atomic E-state index is 0.0227. The number of hydrogen-bond donors (Lipinski definition) is 2. The van der Waals surface area contributed by atoms with E-state index < -0.39 is 48.1 Å². The number of carboxylic acid groups (broad SMARTS) is 1. The van der Waals surface area contributed by atoms with Gasteiger partial charge in [0.15, 0.2) is 0 Å². The van der Waals surface area contributed by atoms with Crippen LogP contribution in [0.3, 0.4) is 0 Å². The van der Waals surface area contributed by atoms with Crippen LogP contribution in [-0.4, -0.2) is 61.4 Å². The van der Waals surface area contributed by atoms with E-state index in [0.717, 1.165) is 0 Å². The monoisotopic (exact) mass is 345 g/mol. The normalized spacial score (nSPS) is 19.2. The second-order valence-corrected chi connectivity index (χ2v) is 5.25. The topological polar surface area (TPSA) is 128 Å². The zero-order chi connectivity index (χ0) is 18.1. The molecule has 0 saturated carbocycles. The number of nitrogens with one attached hydrogen (secondary N) is 1. The number of aliphatic carboxylic acids is 1. The second-order valence-electron chi connectivity index (χ2n) is 5.25. The van der Waals surface area contributed by atoms with Gasteiger partial charge in [0.1, 0.15) is 6.04 Å². The maximum atomic E-state index is 12.1. The fourth-order valence-electron chi connectivity index (χ4n) is 2.33. The van der Waals surface area contributed by atoms with E-state index in [9.17, 15) is 24.3 Å². The molecule has 0 spiro atoms. The zero-order valence-corrected chi connectivity index (χ0v) is 13.8. The fourth-order valence-corrected chi connectivity index (χ4v) is 2.33. The number of ether oxygens (including phenoxy) is 3. The number of rotatable bonds is 9. The van der Waals surface area contributed by atoms with Crippen molar-refractivity contribution in [1.82, 2.24) is 5.32 Å². The molecule has 1 amide bonds. The molecular formula is C15H23NO8. The average Bonchev–Trinajstić information content (AvgIpc) is 3.05. The van der Waals surface area contributed by atoms with E-state index in [4.69, 9.17) is 14.2 Å². The standard InChI is InChI=1S/C15H23NO8/c1-3-23-11(17)7-10(15(21)24-4-2)12(14(19)20)16-13(18)9-5-6-22-8-9/h9-10,12H,3-8H2,1-2H3,(H,16,18)(H,19,20)/t9-,10+,12+/m1/s1. The van der Waals surface area contributed by atoms with Gasteiger partial charge < -0.3 is 24.6 Å². The molecular weight excluding hydrogens is 322 g/mol. The molecule has 0 aromatic heterocycles. The molecule has 136 valence electrons. The van der Waals surface area contributed by atoms with Gasteiger partial charge in [0.05, 0.1) is 38.1 Å². The number of carboxylic acids is 1. The molecule has 0 radical (unpaired) electrons. The largest absolute Gasteiger partial charge is 0.480 e. The molecule has 3 atom stereocenters. The summed E-state index contributed by atoms with van der Waals surface area (Å²) in [4.78, 5) is 47.4. The van der Waals surface area contributed by atoms with Gasteiger partial charge in [0.2, 0.25) is 5.91 Å². The van der Waals surface area contributed by atoms with E-state index >= 15 is 0 Å². The van der Waals surface area contributed by atoms with Crippen LogP contribution >= 0.6 is 0 Å². The van der Waals surface area contributed by atoms with Crippen molar-refractivity contribution >= 4 is 23.8 Å². The van der Waals surface area contributed by atoms with Gasteiger partial charge in [0, 0.05) is 6.61 Å². The van der Waals surface area contributed by atoms with Gasteiger partial charge in [-0.3, -0.25) is 14.4 Å². The Bertz CT molecular complexity index is 472. The molecule has 0 aromatic rings. The third kappa shape index (κ3) is 5.80. The predicted molar refractivity (Wildman–Crippen MR) is 79.9 cm³/mol. The van der Waals surface area contributed by atoms with Gasteiger partial charge >= 0.3 is 17.9 Å². The minimum atomic E-state index is -1.58. The van der Waals surface area contributed by atoms with Gasteiger partial charge in [-0.05, 0) is 20.3 Å². The Labute approximate surface area is 139 Å². The lowest BCUT2D eigenvalue weighted by Crippen LogP contribution is -2.51. The molecule has 0 aliphatic carbocycles. The lowest BCUT2D eigenvalue weighted by Gasteiger charge is -2.23. The van der Waals surface area contributed by atoms with E-state index in [1.165, 1.54) is 0 Å². The molecule has 0 bridgehead atoms. The lowest BCUT2D eigenvalue weighted by molar-refractivity contribution is -0.160. The Hall–Kier alpha value is -2.16. The Kier molecular flexibility index (Phi) is 8.17. The predicted octanol–water partition coefficient (Wildman–Crippen LogP) is -0.275. The first kappa shape index (κ1) is 19.9. The maximum absolute atomic E-state index is 12.1.